The van der Waals surface area contributed by atoms with Gasteiger partial charge in [-0.25, -0.2) is 4.79 Å². The Hall–Kier alpha value is -1.30. The lowest BCUT2D eigenvalue weighted by Crippen LogP contribution is -2.60. The minimum Gasteiger partial charge on any atom is -0.481 e. The van der Waals surface area contributed by atoms with E-state index in [2.05, 4.69) is 17.1 Å². The van der Waals surface area contributed by atoms with Gasteiger partial charge in [0.25, 0.3) is 0 Å². The van der Waals surface area contributed by atoms with Gasteiger partial charge in [-0.1, -0.05) is 6.92 Å². The number of hydrogen-bond donors (Lipinski definition) is 2. The van der Waals surface area contributed by atoms with Crippen molar-refractivity contribution in [2.45, 2.75) is 44.6 Å². The number of nitrogens with one attached hydrogen (secondary N) is 1. The maximum absolute atomic E-state index is 12.3. The molecule has 1 saturated heterocycles. The Morgan fingerprint density at radius 3 is 2.30 bits per heavy atom. The predicted octanol–water partition coefficient (Wildman–Crippen LogP) is 1.12. The second kappa shape index (κ2) is 6.43. The Bertz CT molecular complexity index is 361. The van der Waals surface area contributed by atoms with Gasteiger partial charge in [-0.2, -0.15) is 0 Å². The van der Waals surface area contributed by atoms with Crippen LogP contribution in [0.5, 0.6) is 0 Å². The molecule has 0 bridgehead atoms. The molecular formula is C14H25N3O3. The van der Waals surface area contributed by atoms with Crippen LogP contribution in [0.2, 0.25) is 0 Å². The average Bonchev–Trinajstić information content (AvgIpc) is 2.36. The molecule has 20 heavy (non-hydrogen) atoms. The van der Waals surface area contributed by atoms with Gasteiger partial charge in [-0.05, 0) is 32.2 Å². The standard InChI is InChI=1S/C14H25N3O3/c1-2-6-16-7-9-17(10-8-16)13(20)15-14(4-3-5-14)11-12(18)19/h2-11H2,1H3,(H,15,20)(H,18,19). The monoisotopic (exact) mass is 283 g/mol. The highest BCUT2D eigenvalue weighted by Gasteiger charge is 2.41. The normalized spacial score (nSPS) is 22.1. The maximum Gasteiger partial charge on any atom is 0.317 e. The Morgan fingerprint density at radius 2 is 1.85 bits per heavy atom. The molecule has 0 radical (unpaired) electrons. The highest BCUT2D eigenvalue weighted by Crippen LogP contribution is 2.35. The van der Waals surface area contributed by atoms with Gasteiger partial charge in [0, 0.05) is 26.2 Å². The van der Waals surface area contributed by atoms with Crippen LogP contribution in [0.4, 0.5) is 4.79 Å². The molecule has 2 rings (SSSR count). The number of carbonyl (C=O) groups is 2. The van der Waals surface area contributed by atoms with E-state index in [1.54, 1.807) is 0 Å². The number of carboxylic acid groups (broad SMARTS) is 1. The van der Waals surface area contributed by atoms with Gasteiger partial charge in [-0.3, -0.25) is 9.69 Å². The van der Waals surface area contributed by atoms with Crippen LogP contribution in [0.25, 0.3) is 0 Å². The van der Waals surface area contributed by atoms with E-state index in [0.29, 0.717) is 0 Å². The summed E-state index contributed by atoms with van der Waals surface area (Å²) in [7, 11) is 0. The van der Waals surface area contributed by atoms with E-state index in [1.165, 1.54) is 0 Å². The molecule has 0 unspecified atom stereocenters. The summed E-state index contributed by atoms with van der Waals surface area (Å²) >= 11 is 0. The molecule has 2 aliphatic rings. The quantitative estimate of drug-likeness (QED) is 0.793. The Kier molecular flexibility index (Phi) is 4.86. The molecule has 0 atom stereocenters. The van der Waals surface area contributed by atoms with Gasteiger partial charge >= 0.3 is 12.0 Å². The lowest BCUT2D eigenvalue weighted by atomic mass is 9.74. The van der Waals surface area contributed by atoms with Crippen molar-refractivity contribution < 1.29 is 14.7 Å². The van der Waals surface area contributed by atoms with Crippen molar-refractivity contribution in [2.75, 3.05) is 32.7 Å². The predicted molar refractivity (Wildman–Crippen MR) is 75.7 cm³/mol. The fourth-order valence-corrected chi connectivity index (χ4v) is 3.04. The number of carbonyl (C=O) groups excluding carboxylic acids is 1. The molecule has 1 saturated carbocycles. The van der Waals surface area contributed by atoms with Crippen LogP contribution in [0.3, 0.4) is 0 Å². The molecule has 2 amide bonds. The van der Waals surface area contributed by atoms with E-state index in [0.717, 1.165) is 58.4 Å². The largest absolute Gasteiger partial charge is 0.481 e. The summed E-state index contributed by atoms with van der Waals surface area (Å²) in [5.74, 6) is -0.835. The van der Waals surface area contributed by atoms with Gasteiger partial charge in [0.05, 0.1) is 12.0 Å². The minimum absolute atomic E-state index is 0.0362. The zero-order chi connectivity index (χ0) is 14.6. The van der Waals surface area contributed by atoms with Crippen LogP contribution in [0.15, 0.2) is 0 Å². The molecule has 114 valence electrons. The van der Waals surface area contributed by atoms with Crippen LogP contribution in [0.1, 0.15) is 39.0 Å². The zero-order valence-electron chi connectivity index (χ0n) is 12.2. The van der Waals surface area contributed by atoms with Crippen LogP contribution in [0, 0.1) is 0 Å². The number of amides is 2. The number of piperazine rings is 1. The number of nitrogens with zero attached hydrogens (tertiary/aromatic N) is 2. The summed E-state index contributed by atoms with van der Waals surface area (Å²) < 4.78 is 0. The summed E-state index contributed by atoms with van der Waals surface area (Å²) in [5.41, 5.74) is -0.497. The zero-order valence-corrected chi connectivity index (χ0v) is 12.2. The lowest BCUT2D eigenvalue weighted by Gasteiger charge is -2.43. The highest BCUT2D eigenvalue weighted by molar-refractivity contribution is 5.77. The topological polar surface area (TPSA) is 72.9 Å². The van der Waals surface area contributed by atoms with Crippen LogP contribution >= 0.6 is 0 Å². The molecule has 6 nitrogen and oxygen atoms in total. The van der Waals surface area contributed by atoms with Crippen molar-refractivity contribution in [3.05, 3.63) is 0 Å². The number of hydrogen-bond acceptors (Lipinski definition) is 3. The molecule has 2 N–H and O–H groups in total. The number of urea groups is 1. The van der Waals surface area contributed by atoms with E-state index in [1.807, 2.05) is 4.90 Å². The van der Waals surface area contributed by atoms with E-state index in [-0.39, 0.29) is 12.5 Å². The van der Waals surface area contributed by atoms with Crippen LogP contribution in [-0.4, -0.2) is 65.2 Å². The SMILES string of the molecule is CCCN1CCN(C(=O)NC2(CC(=O)O)CCC2)CC1. The van der Waals surface area contributed by atoms with Gasteiger partial charge in [0.15, 0.2) is 0 Å². The fourth-order valence-electron chi connectivity index (χ4n) is 3.04. The third-order valence-corrected chi connectivity index (χ3v) is 4.37. The van der Waals surface area contributed by atoms with E-state index < -0.39 is 11.5 Å². The molecule has 0 aromatic heterocycles. The van der Waals surface area contributed by atoms with Gasteiger partial charge < -0.3 is 15.3 Å². The van der Waals surface area contributed by atoms with E-state index in [9.17, 15) is 9.59 Å². The molecule has 0 spiro atoms. The minimum atomic E-state index is -0.835. The van der Waals surface area contributed by atoms with Crippen molar-refractivity contribution in [3.63, 3.8) is 0 Å². The molecule has 0 aromatic carbocycles. The van der Waals surface area contributed by atoms with Gasteiger partial charge in [0.2, 0.25) is 0 Å². The summed E-state index contributed by atoms with van der Waals surface area (Å²) in [6, 6.07) is -0.0953. The van der Waals surface area contributed by atoms with Crippen molar-refractivity contribution in [2.24, 2.45) is 0 Å². The molecule has 1 heterocycles. The first kappa shape index (κ1) is 15.1. The van der Waals surface area contributed by atoms with Gasteiger partial charge in [-0.15, -0.1) is 0 Å². The number of aliphatic carboxylic acids is 1. The highest BCUT2D eigenvalue weighted by atomic mass is 16.4. The fraction of sp³-hybridized carbons (Fsp3) is 0.857. The molecule has 2 fully saturated rings. The molecular weight excluding hydrogens is 258 g/mol. The van der Waals surface area contributed by atoms with E-state index >= 15 is 0 Å². The third-order valence-electron chi connectivity index (χ3n) is 4.37. The number of carboxylic acids is 1. The second-order valence-electron chi connectivity index (χ2n) is 5.96. The molecule has 6 heteroatoms. The number of rotatable bonds is 5. The lowest BCUT2D eigenvalue weighted by molar-refractivity contribution is -0.139. The molecule has 1 aliphatic carbocycles. The Balaban J connectivity index is 1.81. The first-order valence-corrected chi connectivity index (χ1v) is 7.56. The Labute approximate surface area is 120 Å². The van der Waals surface area contributed by atoms with Crippen molar-refractivity contribution >= 4 is 12.0 Å². The van der Waals surface area contributed by atoms with E-state index in [4.69, 9.17) is 5.11 Å². The second-order valence-corrected chi connectivity index (χ2v) is 5.96. The van der Waals surface area contributed by atoms with Crippen LogP contribution < -0.4 is 5.32 Å². The third kappa shape index (κ3) is 3.62. The first-order valence-electron chi connectivity index (χ1n) is 7.56. The smallest absolute Gasteiger partial charge is 0.317 e. The van der Waals surface area contributed by atoms with Crippen molar-refractivity contribution in [1.82, 2.24) is 15.1 Å². The van der Waals surface area contributed by atoms with Crippen molar-refractivity contribution in [3.8, 4) is 0 Å². The van der Waals surface area contributed by atoms with Crippen LogP contribution in [-0.2, 0) is 4.79 Å². The molecule has 1 aliphatic heterocycles. The average molecular weight is 283 g/mol. The maximum atomic E-state index is 12.3. The molecule has 0 aromatic rings. The summed E-state index contributed by atoms with van der Waals surface area (Å²) in [6.07, 6.45) is 3.72. The summed E-state index contributed by atoms with van der Waals surface area (Å²) in [5, 5.41) is 11.9. The summed E-state index contributed by atoms with van der Waals surface area (Å²) in [4.78, 5) is 27.3. The van der Waals surface area contributed by atoms with Crippen molar-refractivity contribution in [1.29, 1.82) is 0 Å². The Morgan fingerprint density at radius 1 is 1.20 bits per heavy atom. The summed E-state index contributed by atoms with van der Waals surface area (Å²) in [6.45, 7) is 6.52. The first-order chi connectivity index (χ1) is 9.54. The van der Waals surface area contributed by atoms with Gasteiger partial charge in [0.1, 0.15) is 0 Å².